The van der Waals surface area contributed by atoms with Gasteiger partial charge in [0.1, 0.15) is 0 Å². The van der Waals surface area contributed by atoms with Crippen LogP contribution in [0.4, 0.5) is 0 Å². The number of rotatable bonds is 3. The van der Waals surface area contributed by atoms with Crippen molar-refractivity contribution in [2.24, 2.45) is 5.73 Å². The molecule has 1 aromatic rings. The monoisotopic (exact) mass is 167 g/mol. The Balaban J connectivity index is 1.83. The molecule has 0 spiro atoms. The predicted molar refractivity (Wildman–Crippen MR) is 48.8 cm³/mol. The molecule has 11 heavy (non-hydrogen) atoms. The molecule has 0 aliphatic heterocycles. The van der Waals surface area contributed by atoms with E-state index in [1.165, 1.54) is 31.2 Å². The fourth-order valence-corrected chi connectivity index (χ4v) is 1.94. The molecule has 1 nitrogen and oxygen atoms in total. The van der Waals surface area contributed by atoms with E-state index in [-0.39, 0.29) is 5.54 Å². The van der Waals surface area contributed by atoms with Gasteiger partial charge in [-0.3, -0.25) is 0 Å². The zero-order valence-corrected chi connectivity index (χ0v) is 7.36. The molecule has 1 aromatic heterocycles. The number of aryl methyl sites for hydroxylation is 1. The van der Waals surface area contributed by atoms with Crippen molar-refractivity contribution < 1.29 is 0 Å². The predicted octanol–water partition coefficient (Wildman–Crippen LogP) is 2.17. The largest absolute Gasteiger partial charge is 0.325 e. The molecule has 0 atom stereocenters. The molecule has 1 fully saturated rings. The van der Waals surface area contributed by atoms with Gasteiger partial charge in [0.2, 0.25) is 0 Å². The van der Waals surface area contributed by atoms with Crippen molar-refractivity contribution in [1.29, 1.82) is 0 Å². The van der Waals surface area contributed by atoms with E-state index in [1.807, 2.05) is 0 Å². The Bertz CT molecular complexity index is 224. The van der Waals surface area contributed by atoms with Crippen molar-refractivity contribution in [1.82, 2.24) is 0 Å². The fourth-order valence-electron chi connectivity index (χ4n) is 1.24. The van der Waals surface area contributed by atoms with Crippen LogP contribution in [0.3, 0.4) is 0 Å². The molecule has 1 heterocycles. The molecule has 0 aromatic carbocycles. The summed E-state index contributed by atoms with van der Waals surface area (Å²) in [7, 11) is 0. The summed E-state index contributed by atoms with van der Waals surface area (Å²) in [6.07, 6.45) is 4.80. The highest BCUT2D eigenvalue weighted by Crippen LogP contribution is 2.36. The lowest BCUT2D eigenvalue weighted by atomic mass is 10.1. The van der Waals surface area contributed by atoms with Gasteiger partial charge in [-0.1, -0.05) is 0 Å². The first-order chi connectivity index (χ1) is 5.29. The van der Waals surface area contributed by atoms with Crippen LogP contribution in [-0.2, 0) is 6.42 Å². The van der Waals surface area contributed by atoms with Crippen molar-refractivity contribution in [2.75, 3.05) is 0 Å². The molecule has 0 saturated heterocycles. The molecule has 60 valence electrons. The van der Waals surface area contributed by atoms with Gasteiger partial charge in [0.05, 0.1) is 0 Å². The zero-order valence-electron chi connectivity index (χ0n) is 6.55. The summed E-state index contributed by atoms with van der Waals surface area (Å²) >= 11 is 1.77. The summed E-state index contributed by atoms with van der Waals surface area (Å²) in [5.41, 5.74) is 7.64. The van der Waals surface area contributed by atoms with Crippen LogP contribution in [0.15, 0.2) is 16.8 Å². The van der Waals surface area contributed by atoms with Crippen LogP contribution in [0.5, 0.6) is 0 Å². The lowest BCUT2D eigenvalue weighted by molar-refractivity contribution is 0.610. The van der Waals surface area contributed by atoms with Gasteiger partial charge in [-0.05, 0) is 48.1 Å². The van der Waals surface area contributed by atoms with Crippen molar-refractivity contribution >= 4 is 11.3 Å². The summed E-state index contributed by atoms with van der Waals surface area (Å²) in [5, 5.41) is 4.34. The molecule has 0 unspecified atom stereocenters. The van der Waals surface area contributed by atoms with Crippen LogP contribution in [0.2, 0.25) is 0 Å². The van der Waals surface area contributed by atoms with Crippen LogP contribution in [0.1, 0.15) is 24.8 Å². The van der Waals surface area contributed by atoms with Crippen LogP contribution in [0, 0.1) is 0 Å². The lowest BCUT2D eigenvalue weighted by Crippen LogP contribution is -2.21. The highest BCUT2D eigenvalue weighted by atomic mass is 32.1. The van der Waals surface area contributed by atoms with Crippen LogP contribution < -0.4 is 5.73 Å². The topological polar surface area (TPSA) is 26.0 Å². The van der Waals surface area contributed by atoms with Gasteiger partial charge < -0.3 is 5.73 Å². The Morgan fingerprint density at radius 3 is 2.91 bits per heavy atom. The standard InChI is InChI=1S/C9H13NS/c10-9(4-5-9)3-1-8-2-6-11-7-8/h2,6-7H,1,3-5,10H2. The molecule has 0 amide bonds. The Kier molecular flexibility index (Phi) is 1.74. The third kappa shape index (κ3) is 1.82. The Morgan fingerprint density at radius 2 is 2.36 bits per heavy atom. The number of hydrogen-bond acceptors (Lipinski definition) is 2. The van der Waals surface area contributed by atoms with E-state index >= 15 is 0 Å². The fraction of sp³-hybridized carbons (Fsp3) is 0.556. The maximum absolute atomic E-state index is 5.97. The van der Waals surface area contributed by atoms with Crippen LogP contribution in [0.25, 0.3) is 0 Å². The lowest BCUT2D eigenvalue weighted by Gasteiger charge is -2.05. The highest BCUT2D eigenvalue weighted by molar-refractivity contribution is 7.07. The Morgan fingerprint density at radius 1 is 1.55 bits per heavy atom. The van der Waals surface area contributed by atoms with Gasteiger partial charge >= 0.3 is 0 Å². The van der Waals surface area contributed by atoms with Gasteiger partial charge in [-0.25, -0.2) is 0 Å². The average Bonchev–Trinajstić information content (AvgIpc) is 2.53. The molecule has 2 N–H and O–H groups in total. The molecule has 0 bridgehead atoms. The Hall–Kier alpha value is -0.340. The van der Waals surface area contributed by atoms with Crippen molar-refractivity contribution in [3.63, 3.8) is 0 Å². The molecular formula is C9H13NS. The van der Waals surface area contributed by atoms with Gasteiger partial charge in [0.25, 0.3) is 0 Å². The summed E-state index contributed by atoms with van der Waals surface area (Å²) in [5.74, 6) is 0. The third-order valence-corrected chi connectivity index (χ3v) is 3.12. The second-order valence-electron chi connectivity index (χ2n) is 3.49. The average molecular weight is 167 g/mol. The van der Waals surface area contributed by atoms with Gasteiger partial charge in [-0.2, -0.15) is 11.3 Å². The van der Waals surface area contributed by atoms with E-state index in [1.54, 1.807) is 11.3 Å². The van der Waals surface area contributed by atoms with Crippen molar-refractivity contribution in [2.45, 2.75) is 31.2 Å². The van der Waals surface area contributed by atoms with E-state index < -0.39 is 0 Å². The number of hydrogen-bond donors (Lipinski definition) is 1. The molecule has 1 aliphatic carbocycles. The van der Waals surface area contributed by atoms with Crippen molar-refractivity contribution in [3.05, 3.63) is 22.4 Å². The van der Waals surface area contributed by atoms with E-state index in [9.17, 15) is 0 Å². The highest BCUT2D eigenvalue weighted by Gasteiger charge is 2.37. The van der Waals surface area contributed by atoms with E-state index in [0.717, 1.165) is 0 Å². The van der Waals surface area contributed by atoms with Crippen LogP contribution in [-0.4, -0.2) is 5.54 Å². The Labute approximate surface area is 71.2 Å². The van der Waals surface area contributed by atoms with E-state index in [0.29, 0.717) is 0 Å². The molecule has 1 saturated carbocycles. The first-order valence-corrected chi connectivity index (χ1v) is 5.03. The molecule has 0 radical (unpaired) electrons. The summed E-state index contributed by atoms with van der Waals surface area (Å²) in [4.78, 5) is 0. The summed E-state index contributed by atoms with van der Waals surface area (Å²) in [6.45, 7) is 0. The van der Waals surface area contributed by atoms with Gasteiger partial charge in [-0.15, -0.1) is 0 Å². The first kappa shape index (κ1) is 7.32. The minimum absolute atomic E-state index is 0.224. The summed E-state index contributed by atoms with van der Waals surface area (Å²) in [6, 6.07) is 2.19. The molecule has 1 aliphatic rings. The number of nitrogens with two attached hydrogens (primary N) is 1. The first-order valence-electron chi connectivity index (χ1n) is 4.08. The second kappa shape index (κ2) is 2.61. The van der Waals surface area contributed by atoms with Gasteiger partial charge in [0, 0.05) is 5.54 Å². The molecule has 2 heteroatoms. The van der Waals surface area contributed by atoms with Gasteiger partial charge in [0.15, 0.2) is 0 Å². The smallest absolute Gasteiger partial charge is 0.0158 e. The SMILES string of the molecule is NC1(CCc2ccsc2)CC1. The van der Waals surface area contributed by atoms with Crippen molar-refractivity contribution in [3.8, 4) is 0 Å². The minimum atomic E-state index is 0.224. The minimum Gasteiger partial charge on any atom is -0.325 e. The molecule has 2 rings (SSSR count). The third-order valence-electron chi connectivity index (χ3n) is 2.38. The number of thiophene rings is 1. The summed E-state index contributed by atoms with van der Waals surface area (Å²) < 4.78 is 0. The van der Waals surface area contributed by atoms with E-state index in [4.69, 9.17) is 5.73 Å². The molecular weight excluding hydrogens is 154 g/mol. The van der Waals surface area contributed by atoms with Crippen LogP contribution >= 0.6 is 11.3 Å². The zero-order chi connectivity index (χ0) is 7.73. The normalized spacial score (nSPS) is 20.1. The van der Waals surface area contributed by atoms with E-state index in [2.05, 4.69) is 16.8 Å². The maximum atomic E-state index is 5.97. The second-order valence-corrected chi connectivity index (χ2v) is 4.27. The maximum Gasteiger partial charge on any atom is 0.0158 e. The quantitative estimate of drug-likeness (QED) is 0.733.